The number of fused-ring (bicyclic) bond motifs is 1. The maximum atomic E-state index is 12.7. The number of benzene rings is 2. The predicted molar refractivity (Wildman–Crippen MR) is 111 cm³/mol. The Balaban J connectivity index is 1.35. The van der Waals surface area contributed by atoms with E-state index >= 15 is 0 Å². The fourth-order valence-electron chi connectivity index (χ4n) is 3.43. The number of pyridine rings is 1. The third kappa shape index (κ3) is 4.68. The van der Waals surface area contributed by atoms with Gasteiger partial charge < -0.3 is 5.73 Å². The summed E-state index contributed by atoms with van der Waals surface area (Å²) in [7, 11) is 0. The summed E-state index contributed by atoms with van der Waals surface area (Å²) in [6.45, 7) is 0.638. The average molecular weight is 410 g/mol. The molecule has 2 heterocycles. The van der Waals surface area contributed by atoms with Gasteiger partial charge >= 0.3 is 6.18 Å². The number of hydrogen-bond donors (Lipinski definition) is 1. The standard InChI is InChI=1S/C23H21F3N4/c24-23(25,26)21-5-1-16(2-6-21)11-22(27)8-10-30-15-20(14-29-30)17-3-4-19-13-28-9-7-18(19)12-17/h1-7,9,12-15,22H,8,10-11,27H2. The number of halogens is 3. The quantitative estimate of drug-likeness (QED) is 0.482. The maximum Gasteiger partial charge on any atom is 0.416 e. The highest BCUT2D eigenvalue weighted by Gasteiger charge is 2.29. The first-order valence-corrected chi connectivity index (χ1v) is 9.67. The summed E-state index contributed by atoms with van der Waals surface area (Å²) in [6.07, 6.45) is 4.28. The second kappa shape index (κ2) is 8.28. The summed E-state index contributed by atoms with van der Waals surface area (Å²) >= 11 is 0. The van der Waals surface area contributed by atoms with Gasteiger partial charge in [-0.15, -0.1) is 0 Å². The van der Waals surface area contributed by atoms with E-state index in [1.54, 1.807) is 6.20 Å². The molecular weight excluding hydrogens is 389 g/mol. The molecule has 0 saturated carbocycles. The van der Waals surface area contributed by atoms with Crippen molar-refractivity contribution in [3.8, 4) is 11.1 Å². The van der Waals surface area contributed by atoms with E-state index in [2.05, 4.69) is 16.1 Å². The molecule has 1 atom stereocenters. The van der Waals surface area contributed by atoms with Gasteiger partial charge in [-0.05, 0) is 53.6 Å². The van der Waals surface area contributed by atoms with Crippen LogP contribution in [0, 0.1) is 0 Å². The minimum atomic E-state index is -4.32. The topological polar surface area (TPSA) is 56.7 Å². The Morgan fingerprint density at radius 2 is 1.73 bits per heavy atom. The summed E-state index contributed by atoms with van der Waals surface area (Å²) in [5.41, 5.74) is 8.43. The fraction of sp³-hybridized carbons (Fsp3) is 0.217. The number of nitrogens with zero attached hydrogens (tertiary/aromatic N) is 3. The van der Waals surface area contributed by atoms with Gasteiger partial charge in [0.2, 0.25) is 0 Å². The molecule has 0 fully saturated rings. The summed E-state index contributed by atoms with van der Waals surface area (Å²) < 4.78 is 39.8. The van der Waals surface area contributed by atoms with Crippen molar-refractivity contribution in [2.75, 3.05) is 0 Å². The van der Waals surface area contributed by atoms with Crippen LogP contribution in [0.1, 0.15) is 17.5 Å². The zero-order chi connectivity index (χ0) is 21.1. The predicted octanol–water partition coefficient (Wildman–Crippen LogP) is 5.08. The van der Waals surface area contributed by atoms with Gasteiger partial charge in [-0.2, -0.15) is 18.3 Å². The van der Waals surface area contributed by atoms with Crippen LogP contribution in [0.2, 0.25) is 0 Å². The lowest BCUT2D eigenvalue weighted by Crippen LogP contribution is -2.24. The van der Waals surface area contributed by atoms with Crippen molar-refractivity contribution >= 4 is 10.8 Å². The second-order valence-corrected chi connectivity index (χ2v) is 7.38. The van der Waals surface area contributed by atoms with E-state index < -0.39 is 11.7 Å². The van der Waals surface area contributed by atoms with Crippen molar-refractivity contribution in [2.24, 2.45) is 5.73 Å². The van der Waals surface area contributed by atoms with E-state index in [1.165, 1.54) is 12.1 Å². The first-order valence-electron chi connectivity index (χ1n) is 9.67. The molecule has 7 heteroatoms. The lowest BCUT2D eigenvalue weighted by atomic mass is 10.0. The summed E-state index contributed by atoms with van der Waals surface area (Å²) in [5.74, 6) is 0. The summed E-state index contributed by atoms with van der Waals surface area (Å²) in [4.78, 5) is 4.13. The van der Waals surface area contributed by atoms with Gasteiger partial charge in [0.1, 0.15) is 0 Å². The number of rotatable bonds is 6. The molecule has 154 valence electrons. The second-order valence-electron chi connectivity index (χ2n) is 7.38. The van der Waals surface area contributed by atoms with Crippen molar-refractivity contribution in [1.29, 1.82) is 0 Å². The van der Waals surface area contributed by atoms with Crippen LogP contribution in [-0.4, -0.2) is 20.8 Å². The molecule has 0 spiro atoms. The number of hydrogen-bond acceptors (Lipinski definition) is 3. The Morgan fingerprint density at radius 1 is 0.933 bits per heavy atom. The SMILES string of the molecule is NC(CCn1cc(-c2ccc3cnccc3c2)cn1)Cc1ccc(C(F)(F)F)cc1. The van der Waals surface area contributed by atoms with Crippen LogP contribution in [0.15, 0.2) is 73.3 Å². The van der Waals surface area contributed by atoms with E-state index in [0.717, 1.165) is 39.6 Å². The Morgan fingerprint density at radius 3 is 2.50 bits per heavy atom. The first-order chi connectivity index (χ1) is 14.4. The summed E-state index contributed by atoms with van der Waals surface area (Å²) in [5, 5.41) is 6.62. The highest BCUT2D eigenvalue weighted by Crippen LogP contribution is 2.29. The molecule has 0 aliphatic heterocycles. The number of alkyl halides is 3. The average Bonchev–Trinajstić information content (AvgIpc) is 3.21. The first kappa shape index (κ1) is 20.1. The van der Waals surface area contributed by atoms with Gasteiger partial charge in [0.25, 0.3) is 0 Å². The normalized spacial score (nSPS) is 12.9. The lowest BCUT2D eigenvalue weighted by molar-refractivity contribution is -0.137. The largest absolute Gasteiger partial charge is 0.416 e. The molecule has 4 aromatic rings. The molecular formula is C23H21F3N4. The Labute approximate surface area is 172 Å². The highest BCUT2D eigenvalue weighted by molar-refractivity contribution is 5.86. The monoisotopic (exact) mass is 410 g/mol. The van der Waals surface area contributed by atoms with Crippen LogP contribution < -0.4 is 5.73 Å². The van der Waals surface area contributed by atoms with Gasteiger partial charge in [-0.1, -0.05) is 24.3 Å². The minimum absolute atomic E-state index is 0.164. The van der Waals surface area contributed by atoms with Crippen molar-refractivity contribution in [3.05, 3.63) is 84.4 Å². The van der Waals surface area contributed by atoms with Crippen molar-refractivity contribution < 1.29 is 13.2 Å². The molecule has 4 rings (SSSR count). The van der Waals surface area contributed by atoms with Crippen LogP contribution in [-0.2, 0) is 19.1 Å². The van der Waals surface area contributed by atoms with E-state index in [-0.39, 0.29) is 6.04 Å². The molecule has 0 bridgehead atoms. The zero-order valence-electron chi connectivity index (χ0n) is 16.2. The summed E-state index contributed by atoms with van der Waals surface area (Å²) in [6, 6.07) is 13.2. The molecule has 30 heavy (non-hydrogen) atoms. The molecule has 2 aromatic heterocycles. The minimum Gasteiger partial charge on any atom is -0.327 e. The van der Waals surface area contributed by atoms with Crippen LogP contribution in [0.25, 0.3) is 21.9 Å². The van der Waals surface area contributed by atoms with E-state index in [1.807, 2.05) is 41.5 Å². The van der Waals surface area contributed by atoms with E-state index in [4.69, 9.17) is 5.73 Å². The van der Waals surface area contributed by atoms with Gasteiger partial charge in [-0.25, -0.2) is 0 Å². The van der Waals surface area contributed by atoms with Crippen LogP contribution in [0.3, 0.4) is 0 Å². The number of aromatic nitrogens is 3. The van der Waals surface area contributed by atoms with Crippen LogP contribution >= 0.6 is 0 Å². The van der Waals surface area contributed by atoms with Crippen molar-refractivity contribution in [1.82, 2.24) is 14.8 Å². The Bertz CT molecular complexity index is 1130. The lowest BCUT2D eigenvalue weighted by Gasteiger charge is -2.13. The number of nitrogens with two attached hydrogens (primary N) is 1. The van der Waals surface area contributed by atoms with Crippen LogP contribution in [0.4, 0.5) is 13.2 Å². The molecule has 0 saturated heterocycles. The van der Waals surface area contributed by atoms with Gasteiger partial charge in [-0.3, -0.25) is 9.67 Å². The highest BCUT2D eigenvalue weighted by atomic mass is 19.4. The Kier molecular flexibility index (Phi) is 5.55. The maximum absolute atomic E-state index is 12.7. The fourth-order valence-corrected chi connectivity index (χ4v) is 3.43. The molecule has 2 N–H and O–H groups in total. The third-order valence-corrected chi connectivity index (χ3v) is 5.12. The molecule has 0 aliphatic carbocycles. The van der Waals surface area contributed by atoms with Crippen molar-refractivity contribution in [2.45, 2.75) is 31.6 Å². The molecule has 2 aromatic carbocycles. The van der Waals surface area contributed by atoms with E-state index in [9.17, 15) is 13.2 Å². The molecule has 0 aliphatic rings. The number of aryl methyl sites for hydroxylation is 1. The molecule has 1 unspecified atom stereocenters. The Hall–Kier alpha value is -3.19. The third-order valence-electron chi connectivity index (χ3n) is 5.12. The zero-order valence-corrected chi connectivity index (χ0v) is 16.2. The van der Waals surface area contributed by atoms with E-state index in [0.29, 0.717) is 19.4 Å². The van der Waals surface area contributed by atoms with Gasteiger partial charge in [0.05, 0.1) is 11.8 Å². The van der Waals surface area contributed by atoms with Crippen LogP contribution in [0.5, 0.6) is 0 Å². The van der Waals surface area contributed by atoms with Gasteiger partial charge in [0.15, 0.2) is 0 Å². The molecule has 4 nitrogen and oxygen atoms in total. The molecule has 0 amide bonds. The molecule has 0 radical (unpaired) electrons. The van der Waals surface area contributed by atoms with Gasteiger partial charge in [0, 0.05) is 42.1 Å². The van der Waals surface area contributed by atoms with Crippen molar-refractivity contribution in [3.63, 3.8) is 0 Å². The smallest absolute Gasteiger partial charge is 0.327 e.